The lowest BCUT2D eigenvalue weighted by Gasteiger charge is -2.01. The minimum atomic E-state index is 0.530. The van der Waals surface area contributed by atoms with Crippen LogP contribution in [-0.4, -0.2) is 16.0 Å². The van der Waals surface area contributed by atoms with E-state index >= 15 is 0 Å². The van der Waals surface area contributed by atoms with Gasteiger partial charge in [-0.25, -0.2) is 0 Å². The van der Waals surface area contributed by atoms with Crippen molar-refractivity contribution >= 4 is 22.4 Å². The van der Waals surface area contributed by atoms with Gasteiger partial charge in [-0.2, -0.15) is 0 Å². The lowest BCUT2D eigenvalue weighted by atomic mass is 10.1. The summed E-state index contributed by atoms with van der Waals surface area (Å²) in [5.74, 6) is 1.33. The molecular formula is C14H11ClN2O. The summed E-state index contributed by atoms with van der Waals surface area (Å²) in [6.45, 7) is 0. The van der Waals surface area contributed by atoms with Gasteiger partial charge in [-0.05, 0) is 5.39 Å². The minimum absolute atomic E-state index is 0.530. The number of hydrogen-bond acceptors (Lipinski definition) is 3. The molecule has 3 rings (SSSR count). The van der Waals surface area contributed by atoms with Gasteiger partial charge in [-0.3, -0.25) is 4.98 Å². The third-order valence-electron chi connectivity index (χ3n) is 2.84. The lowest BCUT2D eigenvalue weighted by molar-refractivity contribution is 0.389. The van der Waals surface area contributed by atoms with Crippen LogP contribution in [0.15, 0.2) is 47.2 Å². The smallest absolute Gasteiger partial charge is 0.138 e. The van der Waals surface area contributed by atoms with Crippen molar-refractivity contribution in [2.45, 2.75) is 6.42 Å². The number of alkyl halides is 1. The molecule has 0 aliphatic rings. The highest BCUT2D eigenvalue weighted by Gasteiger charge is 2.09. The number of fused-ring (bicyclic) bond motifs is 1. The summed E-state index contributed by atoms with van der Waals surface area (Å²) < 4.78 is 5.25. The van der Waals surface area contributed by atoms with Gasteiger partial charge in [0.15, 0.2) is 0 Å². The Morgan fingerprint density at radius 2 is 2.06 bits per heavy atom. The molecule has 0 aliphatic heterocycles. The van der Waals surface area contributed by atoms with Gasteiger partial charge in [-0.15, -0.1) is 11.6 Å². The molecule has 0 saturated heterocycles. The molecule has 0 saturated carbocycles. The van der Waals surface area contributed by atoms with Crippen LogP contribution in [0.2, 0.25) is 0 Å². The van der Waals surface area contributed by atoms with E-state index in [1.165, 1.54) is 0 Å². The molecular weight excluding hydrogens is 248 g/mol. The molecule has 2 heterocycles. The van der Waals surface area contributed by atoms with E-state index in [1.807, 2.05) is 36.7 Å². The Labute approximate surface area is 109 Å². The maximum atomic E-state index is 5.69. The fourth-order valence-corrected chi connectivity index (χ4v) is 2.16. The summed E-state index contributed by atoms with van der Waals surface area (Å²) in [4.78, 5) is 4.24. The number of hydrogen-bond donors (Lipinski definition) is 0. The third kappa shape index (κ3) is 1.97. The number of pyridine rings is 1. The van der Waals surface area contributed by atoms with Crippen LogP contribution < -0.4 is 0 Å². The van der Waals surface area contributed by atoms with Crippen LogP contribution in [0.25, 0.3) is 22.0 Å². The fourth-order valence-electron chi connectivity index (χ4n) is 1.97. The zero-order valence-electron chi connectivity index (χ0n) is 9.64. The van der Waals surface area contributed by atoms with E-state index in [2.05, 4.69) is 16.2 Å². The highest BCUT2D eigenvalue weighted by atomic mass is 35.5. The van der Waals surface area contributed by atoms with Crippen LogP contribution in [0.4, 0.5) is 0 Å². The van der Waals surface area contributed by atoms with Crippen molar-refractivity contribution in [2.75, 3.05) is 5.88 Å². The van der Waals surface area contributed by atoms with E-state index in [1.54, 1.807) is 0 Å². The normalized spacial score (nSPS) is 10.9. The fraction of sp³-hybridized carbons (Fsp3) is 0.143. The number of aryl methyl sites for hydroxylation is 1. The van der Waals surface area contributed by atoms with Crippen molar-refractivity contribution in [3.8, 4) is 11.3 Å². The van der Waals surface area contributed by atoms with Crippen molar-refractivity contribution in [3.63, 3.8) is 0 Å². The number of halogens is 1. The lowest BCUT2D eigenvalue weighted by Crippen LogP contribution is -1.83. The molecule has 0 atom stereocenters. The molecule has 0 bridgehead atoms. The van der Waals surface area contributed by atoms with Crippen LogP contribution in [0.5, 0.6) is 0 Å². The van der Waals surface area contributed by atoms with Crippen molar-refractivity contribution < 1.29 is 4.52 Å². The standard InChI is InChI=1S/C14H11ClN2O/c15-6-5-11-7-14(17-18-11)13-9-16-8-10-3-1-2-4-12(10)13/h1-4,7-9H,5-6H2. The summed E-state index contributed by atoms with van der Waals surface area (Å²) in [5.41, 5.74) is 1.79. The van der Waals surface area contributed by atoms with Crippen LogP contribution in [0.1, 0.15) is 5.76 Å². The van der Waals surface area contributed by atoms with Crippen molar-refractivity contribution in [2.24, 2.45) is 0 Å². The topological polar surface area (TPSA) is 38.9 Å². The predicted octanol–water partition coefficient (Wildman–Crippen LogP) is 3.67. The molecule has 0 radical (unpaired) electrons. The van der Waals surface area contributed by atoms with Gasteiger partial charge in [0.25, 0.3) is 0 Å². The zero-order chi connectivity index (χ0) is 12.4. The molecule has 0 spiro atoms. The summed E-state index contributed by atoms with van der Waals surface area (Å²) in [5, 5.41) is 6.30. The number of aromatic nitrogens is 2. The van der Waals surface area contributed by atoms with Gasteiger partial charge in [0, 0.05) is 41.7 Å². The molecule has 3 aromatic rings. The van der Waals surface area contributed by atoms with E-state index < -0.39 is 0 Å². The first-order chi connectivity index (χ1) is 8.88. The molecule has 2 aromatic heterocycles. The Balaban J connectivity index is 2.12. The van der Waals surface area contributed by atoms with Crippen LogP contribution in [0.3, 0.4) is 0 Å². The summed E-state index contributed by atoms with van der Waals surface area (Å²) >= 11 is 5.69. The Morgan fingerprint density at radius 1 is 1.17 bits per heavy atom. The molecule has 3 nitrogen and oxygen atoms in total. The Kier molecular flexibility index (Phi) is 2.99. The second kappa shape index (κ2) is 4.78. The van der Waals surface area contributed by atoms with Crippen molar-refractivity contribution in [1.82, 2.24) is 10.1 Å². The minimum Gasteiger partial charge on any atom is -0.361 e. The molecule has 0 N–H and O–H groups in total. The van der Waals surface area contributed by atoms with E-state index in [4.69, 9.17) is 16.1 Å². The average Bonchev–Trinajstić information content (AvgIpc) is 2.87. The SMILES string of the molecule is ClCCc1cc(-c2cncc3ccccc23)no1. The zero-order valence-corrected chi connectivity index (χ0v) is 10.4. The monoisotopic (exact) mass is 258 g/mol. The second-order valence-electron chi connectivity index (χ2n) is 4.03. The first-order valence-electron chi connectivity index (χ1n) is 5.73. The van der Waals surface area contributed by atoms with Crippen LogP contribution in [0, 0.1) is 0 Å². The second-order valence-corrected chi connectivity index (χ2v) is 4.40. The quantitative estimate of drug-likeness (QED) is 0.673. The van der Waals surface area contributed by atoms with Crippen molar-refractivity contribution in [3.05, 3.63) is 48.5 Å². The van der Waals surface area contributed by atoms with Crippen LogP contribution in [-0.2, 0) is 6.42 Å². The molecule has 0 unspecified atom stereocenters. The number of benzene rings is 1. The Morgan fingerprint density at radius 3 is 2.94 bits per heavy atom. The van der Waals surface area contributed by atoms with Gasteiger partial charge >= 0.3 is 0 Å². The Bertz CT molecular complexity index is 673. The highest BCUT2D eigenvalue weighted by Crippen LogP contribution is 2.27. The molecule has 90 valence electrons. The van der Waals surface area contributed by atoms with E-state index in [9.17, 15) is 0 Å². The van der Waals surface area contributed by atoms with E-state index in [0.717, 1.165) is 27.8 Å². The maximum absolute atomic E-state index is 5.69. The summed E-state index contributed by atoms with van der Waals surface area (Å²) in [6.07, 6.45) is 4.34. The number of rotatable bonds is 3. The van der Waals surface area contributed by atoms with Gasteiger partial charge < -0.3 is 4.52 Å². The summed E-state index contributed by atoms with van der Waals surface area (Å²) in [6, 6.07) is 10.0. The van der Waals surface area contributed by atoms with E-state index in [0.29, 0.717) is 12.3 Å². The molecule has 18 heavy (non-hydrogen) atoms. The van der Waals surface area contributed by atoms with Crippen molar-refractivity contribution in [1.29, 1.82) is 0 Å². The van der Waals surface area contributed by atoms with Gasteiger partial charge in [0.2, 0.25) is 0 Å². The maximum Gasteiger partial charge on any atom is 0.138 e. The molecule has 0 amide bonds. The Hall–Kier alpha value is -1.87. The third-order valence-corrected chi connectivity index (χ3v) is 3.03. The van der Waals surface area contributed by atoms with E-state index in [-0.39, 0.29) is 0 Å². The molecule has 0 fully saturated rings. The van der Waals surface area contributed by atoms with Gasteiger partial charge in [-0.1, -0.05) is 29.4 Å². The summed E-state index contributed by atoms with van der Waals surface area (Å²) in [7, 11) is 0. The largest absolute Gasteiger partial charge is 0.361 e. The first-order valence-corrected chi connectivity index (χ1v) is 6.26. The van der Waals surface area contributed by atoms with Crippen LogP contribution >= 0.6 is 11.6 Å². The highest BCUT2D eigenvalue weighted by molar-refractivity contribution is 6.17. The number of nitrogens with zero attached hydrogens (tertiary/aromatic N) is 2. The van der Waals surface area contributed by atoms with Gasteiger partial charge in [0.05, 0.1) is 0 Å². The predicted molar refractivity (Wildman–Crippen MR) is 71.7 cm³/mol. The van der Waals surface area contributed by atoms with Gasteiger partial charge in [0.1, 0.15) is 11.5 Å². The first kappa shape index (κ1) is 11.2. The average molecular weight is 259 g/mol. The molecule has 1 aromatic carbocycles. The molecule has 0 aliphatic carbocycles. The molecule has 4 heteroatoms.